The first-order valence-corrected chi connectivity index (χ1v) is 6.42. The monoisotopic (exact) mass is 264 g/mol. The second-order valence-electron chi connectivity index (χ2n) is 3.92. The predicted octanol–water partition coefficient (Wildman–Crippen LogP) is 2.72. The highest BCUT2D eigenvalue weighted by Gasteiger charge is 2.11. The molecule has 0 radical (unpaired) electrons. The average Bonchev–Trinajstić information content (AvgIpc) is 2.79. The third-order valence-electron chi connectivity index (χ3n) is 2.77. The maximum absolute atomic E-state index is 9.19. The van der Waals surface area contributed by atoms with Gasteiger partial charge in [0.1, 0.15) is 5.75 Å². The van der Waals surface area contributed by atoms with Crippen LogP contribution in [-0.4, -0.2) is 24.2 Å². The topological polar surface area (TPSA) is 45.6 Å². The summed E-state index contributed by atoms with van der Waals surface area (Å²) in [5.41, 5.74) is 1.92. The van der Waals surface area contributed by atoms with Gasteiger partial charge in [0.25, 0.3) is 0 Å². The van der Waals surface area contributed by atoms with Crippen molar-refractivity contribution < 1.29 is 9.84 Å². The van der Waals surface area contributed by atoms with E-state index in [1.54, 1.807) is 7.11 Å². The molecule has 0 saturated heterocycles. The number of thiazole rings is 1. The highest BCUT2D eigenvalue weighted by molar-refractivity contribution is 7.15. The number of rotatable bonds is 4. The molecule has 1 N–H and O–H groups in total. The number of benzene rings is 1. The van der Waals surface area contributed by atoms with Gasteiger partial charge in [0.2, 0.25) is 0 Å². The molecular weight excluding hydrogens is 248 g/mol. The van der Waals surface area contributed by atoms with Crippen molar-refractivity contribution in [2.75, 3.05) is 19.1 Å². The lowest BCUT2D eigenvalue weighted by atomic mass is 10.3. The van der Waals surface area contributed by atoms with Crippen LogP contribution in [0.25, 0.3) is 0 Å². The van der Waals surface area contributed by atoms with Crippen LogP contribution in [0, 0.1) is 6.92 Å². The van der Waals surface area contributed by atoms with Crippen LogP contribution in [0.2, 0.25) is 0 Å². The summed E-state index contributed by atoms with van der Waals surface area (Å²) in [6.45, 7) is 1.95. The third-order valence-corrected chi connectivity index (χ3v) is 3.99. The first-order chi connectivity index (χ1) is 8.65. The molecule has 0 saturated carbocycles. The fraction of sp³-hybridized carbons (Fsp3) is 0.308. The Hall–Kier alpha value is -1.59. The Morgan fingerprint density at radius 1 is 1.33 bits per heavy atom. The molecule has 0 amide bonds. The van der Waals surface area contributed by atoms with Crippen LogP contribution >= 0.6 is 11.3 Å². The van der Waals surface area contributed by atoms with Crippen LogP contribution in [0.5, 0.6) is 5.75 Å². The van der Waals surface area contributed by atoms with Gasteiger partial charge in [-0.25, -0.2) is 4.98 Å². The summed E-state index contributed by atoms with van der Waals surface area (Å²) >= 11 is 1.51. The summed E-state index contributed by atoms with van der Waals surface area (Å²) in [5.74, 6) is 0.832. The lowest BCUT2D eigenvalue weighted by molar-refractivity contribution is 0.284. The Morgan fingerprint density at radius 3 is 2.50 bits per heavy atom. The van der Waals surface area contributed by atoms with E-state index < -0.39 is 0 Å². The summed E-state index contributed by atoms with van der Waals surface area (Å²) in [6, 6.07) is 7.79. The molecule has 0 aliphatic carbocycles. The SMILES string of the molecule is COc1ccc(N(C)c2nc(C)c(CO)s2)cc1. The second-order valence-corrected chi connectivity index (χ2v) is 4.98. The minimum Gasteiger partial charge on any atom is -0.497 e. The van der Waals surface area contributed by atoms with E-state index in [2.05, 4.69) is 4.98 Å². The average molecular weight is 264 g/mol. The molecular formula is C13H16N2O2S. The minimum absolute atomic E-state index is 0.0416. The summed E-state index contributed by atoms with van der Waals surface area (Å²) in [5, 5.41) is 10.1. The van der Waals surface area contributed by atoms with Crippen molar-refractivity contribution >= 4 is 22.2 Å². The van der Waals surface area contributed by atoms with Crippen molar-refractivity contribution in [1.82, 2.24) is 4.98 Å². The van der Waals surface area contributed by atoms with Crippen LogP contribution in [0.1, 0.15) is 10.6 Å². The van der Waals surface area contributed by atoms with Crippen molar-refractivity contribution in [2.24, 2.45) is 0 Å². The predicted molar refractivity (Wildman–Crippen MR) is 73.8 cm³/mol. The molecule has 0 atom stereocenters. The van der Waals surface area contributed by atoms with Gasteiger partial charge in [-0.3, -0.25) is 0 Å². The molecule has 1 aromatic heterocycles. The molecule has 5 heteroatoms. The summed E-state index contributed by atoms with van der Waals surface area (Å²) in [7, 11) is 3.61. The first kappa shape index (κ1) is 12.9. The molecule has 2 aromatic rings. The van der Waals surface area contributed by atoms with Gasteiger partial charge in [-0.15, -0.1) is 0 Å². The molecule has 0 aliphatic rings. The summed E-state index contributed by atoms with van der Waals surface area (Å²) in [4.78, 5) is 7.36. The number of ether oxygens (including phenoxy) is 1. The number of aliphatic hydroxyl groups excluding tert-OH is 1. The van der Waals surface area contributed by atoms with E-state index in [4.69, 9.17) is 4.74 Å². The number of aliphatic hydroxyl groups is 1. The van der Waals surface area contributed by atoms with Gasteiger partial charge in [0, 0.05) is 12.7 Å². The van der Waals surface area contributed by atoms with Crippen LogP contribution in [0.15, 0.2) is 24.3 Å². The van der Waals surface area contributed by atoms with Crippen molar-refractivity contribution in [2.45, 2.75) is 13.5 Å². The van der Waals surface area contributed by atoms with E-state index >= 15 is 0 Å². The quantitative estimate of drug-likeness (QED) is 0.922. The van der Waals surface area contributed by atoms with Crippen LogP contribution < -0.4 is 9.64 Å². The molecule has 18 heavy (non-hydrogen) atoms. The van der Waals surface area contributed by atoms with Crippen LogP contribution in [-0.2, 0) is 6.61 Å². The Kier molecular flexibility index (Phi) is 3.84. The summed E-state index contributed by atoms with van der Waals surface area (Å²) < 4.78 is 5.13. The number of aromatic nitrogens is 1. The fourth-order valence-electron chi connectivity index (χ4n) is 1.62. The molecule has 1 heterocycles. The molecule has 0 spiro atoms. The number of methoxy groups -OCH3 is 1. The Morgan fingerprint density at radius 2 is 2.00 bits per heavy atom. The second kappa shape index (κ2) is 5.37. The van der Waals surface area contributed by atoms with Gasteiger partial charge in [0.05, 0.1) is 24.3 Å². The van der Waals surface area contributed by atoms with E-state index in [1.165, 1.54) is 11.3 Å². The number of anilines is 2. The molecule has 0 fully saturated rings. The maximum Gasteiger partial charge on any atom is 0.190 e. The van der Waals surface area contributed by atoms with Gasteiger partial charge < -0.3 is 14.7 Å². The van der Waals surface area contributed by atoms with Gasteiger partial charge >= 0.3 is 0 Å². The highest BCUT2D eigenvalue weighted by atomic mass is 32.1. The Labute approximate surface area is 110 Å². The van der Waals surface area contributed by atoms with Gasteiger partial charge in [-0.2, -0.15) is 0 Å². The maximum atomic E-state index is 9.19. The first-order valence-electron chi connectivity index (χ1n) is 5.60. The van der Waals surface area contributed by atoms with E-state index in [9.17, 15) is 5.11 Å². The molecule has 0 unspecified atom stereocenters. The fourth-order valence-corrected chi connectivity index (χ4v) is 2.52. The van der Waals surface area contributed by atoms with E-state index in [-0.39, 0.29) is 6.61 Å². The third kappa shape index (κ3) is 2.47. The largest absolute Gasteiger partial charge is 0.497 e. The standard InChI is InChI=1S/C13H16N2O2S/c1-9-12(8-16)18-13(14-9)15(2)10-4-6-11(17-3)7-5-10/h4-7,16H,8H2,1-3H3. The van der Waals surface area contributed by atoms with E-state index in [0.717, 1.165) is 27.1 Å². The van der Waals surface area contributed by atoms with E-state index in [1.807, 2.05) is 43.1 Å². The summed E-state index contributed by atoms with van der Waals surface area (Å²) in [6.07, 6.45) is 0. The van der Waals surface area contributed by atoms with Gasteiger partial charge in [0.15, 0.2) is 5.13 Å². The zero-order valence-electron chi connectivity index (χ0n) is 10.7. The Balaban J connectivity index is 2.25. The van der Waals surface area contributed by atoms with Crippen molar-refractivity contribution in [3.8, 4) is 5.75 Å². The molecule has 2 rings (SSSR count). The number of hydrogen-bond donors (Lipinski definition) is 1. The lowest BCUT2D eigenvalue weighted by Crippen LogP contribution is -2.08. The zero-order chi connectivity index (χ0) is 13.1. The molecule has 96 valence electrons. The van der Waals surface area contributed by atoms with Crippen molar-refractivity contribution in [1.29, 1.82) is 0 Å². The Bertz CT molecular complexity index is 522. The molecule has 0 aliphatic heterocycles. The molecule has 4 nitrogen and oxygen atoms in total. The number of hydrogen-bond acceptors (Lipinski definition) is 5. The lowest BCUT2D eigenvalue weighted by Gasteiger charge is -2.16. The smallest absolute Gasteiger partial charge is 0.190 e. The van der Waals surface area contributed by atoms with Crippen molar-refractivity contribution in [3.05, 3.63) is 34.8 Å². The minimum atomic E-state index is 0.0416. The van der Waals surface area contributed by atoms with Crippen molar-refractivity contribution in [3.63, 3.8) is 0 Å². The normalized spacial score (nSPS) is 10.4. The number of aryl methyl sites for hydroxylation is 1. The number of nitrogens with zero attached hydrogens (tertiary/aromatic N) is 2. The zero-order valence-corrected chi connectivity index (χ0v) is 11.5. The van der Waals surface area contributed by atoms with Crippen LogP contribution in [0.4, 0.5) is 10.8 Å². The van der Waals surface area contributed by atoms with Gasteiger partial charge in [-0.1, -0.05) is 11.3 Å². The highest BCUT2D eigenvalue weighted by Crippen LogP contribution is 2.31. The van der Waals surface area contributed by atoms with Gasteiger partial charge in [-0.05, 0) is 31.2 Å². The molecule has 0 bridgehead atoms. The van der Waals surface area contributed by atoms with E-state index in [0.29, 0.717) is 0 Å². The molecule has 1 aromatic carbocycles. The van der Waals surface area contributed by atoms with Crippen LogP contribution in [0.3, 0.4) is 0 Å².